The third kappa shape index (κ3) is 4.56. The Hall–Kier alpha value is -7.29. The molecule has 4 heterocycles. The van der Waals surface area contributed by atoms with Crippen LogP contribution >= 0.6 is 0 Å². The van der Waals surface area contributed by atoms with E-state index in [2.05, 4.69) is 124 Å². The molecule has 0 saturated heterocycles. The lowest BCUT2D eigenvalue weighted by Gasteiger charge is -2.17. The molecule has 242 valence electrons. The zero-order valence-electron chi connectivity index (χ0n) is 28.0. The van der Waals surface area contributed by atoms with Crippen molar-refractivity contribution in [2.24, 2.45) is 0 Å². The smallest absolute Gasteiger partial charge is 0.145 e. The van der Waals surface area contributed by atoms with Gasteiger partial charge in [0.15, 0.2) is 0 Å². The number of para-hydroxylation sites is 2. The van der Waals surface area contributed by atoms with Crippen LogP contribution in [0, 0.1) is 11.3 Å². The van der Waals surface area contributed by atoms with E-state index in [0.717, 1.165) is 88.8 Å². The molecule has 0 atom stereocenters. The zero-order valence-corrected chi connectivity index (χ0v) is 28.0. The molecule has 0 unspecified atom stereocenters. The van der Waals surface area contributed by atoms with Gasteiger partial charge in [-0.25, -0.2) is 9.97 Å². The van der Waals surface area contributed by atoms with Gasteiger partial charge in [-0.05, 0) is 71.8 Å². The molecule has 0 bridgehead atoms. The van der Waals surface area contributed by atoms with E-state index in [9.17, 15) is 5.26 Å². The van der Waals surface area contributed by atoms with Crippen molar-refractivity contribution in [3.05, 3.63) is 182 Å². The Bertz CT molecular complexity index is 2950. The van der Waals surface area contributed by atoms with Crippen LogP contribution in [0.25, 0.3) is 88.8 Å². The maximum absolute atomic E-state index is 10.7. The van der Waals surface area contributed by atoms with Crippen molar-refractivity contribution < 1.29 is 0 Å². The van der Waals surface area contributed by atoms with Crippen molar-refractivity contribution in [2.45, 2.75) is 0 Å². The molecular weight excluding hydrogens is 635 g/mol. The minimum absolute atomic E-state index is 0.541. The predicted octanol–water partition coefficient (Wildman–Crippen LogP) is 11.5. The number of nitrogens with zero attached hydrogens (tertiary/aromatic N) is 5. The summed E-state index contributed by atoms with van der Waals surface area (Å²) in [4.78, 5) is 10.3. The molecule has 0 aliphatic heterocycles. The van der Waals surface area contributed by atoms with Gasteiger partial charge in [0, 0.05) is 44.6 Å². The quantitative estimate of drug-likeness (QED) is 0.184. The fourth-order valence-electron chi connectivity index (χ4n) is 7.77. The number of hydrogen-bond donors (Lipinski definition) is 0. The second-order valence-corrected chi connectivity index (χ2v) is 12.9. The van der Waals surface area contributed by atoms with E-state index in [0.29, 0.717) is 5.56 Å². The molecule has 10 aromatic rings. The molecule has 5 heteroatoms. The van der Waals surface area contributed by atoms with Crippen molar-refractivity contribution in [2.75, 3.05) is 0 Å². The highest BCUT2D eigenvalue weighted by Crippen LogP contribution is 2.44. The van der Waals surface area contributed by atoms with Crippen molar-refractivity contribution in [3.8, 4) is 51.1 Å². The van der Waals surface area contributed by atoms with Crippen LogP contribution in [0.4, 0.5) is 0 Å². The molecule has 0 fully saturated rings. The molecule has 5 nitrogen and oxygen atoms in total. The molecule has 0 N–H and O–H groups in total. The van der Waals surface area contributed by atoms with E-state index in [4.69, 9.17) is 9.97 Å². The van der Waals surface area contributed by atoms with Gasteiger partial charge in [0.25, 0.3) is 0 Å². The normalized spacial score (nSPS) is 11.4. The van der Waals surface area contributed by atoms with E-state index in [1.165, 1.54) is 0 Å². The van der Waals surface area contributed by atoms with Gasteiger partial charge in [-0.3, -0.25) is 4.57 Å². The molecule has 0 aliphatic carbocycles. The summed E-state index contributed by atoms with van der Waals surface area (Å²) >= 11 is 0. The number of fused-ring (bicyclic) bond motifs is 7. The van der Waals surface area contributed by atoms with Crippen molar-refractivity contribution in [1.29, 1.82) is 5.26 Å². The molecule has 0 aliphatic rings. The Morgan fingerprint density at radius 3 is 1.98 bits per heavy atom. The number of pyridine rings is 2. The second-order valence-electron chi connectivity index (χ2n) is 12.9. The minimum Gasteiger partial charge on any atom is -0.309 e. The number of rotatable bonds is 5. The molecule has 0 amide bonds. The highest BCUT2D eigenvalue weighted by atomic mass is 15.1. The number of nitriles is 1. The molecular formula is C47H29N5. The van der Waals surface area contributed by atoms with Crippen LogP contribution in [0.3, 0.4) is 0 Å². The predicted molar refractivity (Wildman–Crippen MR) is 212 cm³/mol. The Morgan fingerprint density at radius 2 is 1.19 bits per heavy atom. The van der Waals surface area contributed by atoms with Crippen LogP contribution in [-0.2, 0) is 0 Å². The highest BCUT2D eigenvalue weighted by Gasteiger charge is 2.24. The summed E-state index contributed by atoms with van der Waals surface area (Å²) < 4.78 is 4.59. The van der Waals surface area contributed by atoms with Gasteiger partial charge in [-0.15, -0.1) is 0 Å². The van der Waals surface area contributed by atoms with Gasteiger partial charge in [0.05, 0.1) is 45.3 Å². The van der Waals surface area contributed by atoms with E-state index in [1.54, 1.807) is 0 Å². The van der Waals surface area contributed by atoms with Gasteiger partial charge in [-0.2, -0.15) is 5.26 Å². The Labute approximate surface area is 299 Å². The summed E-state index contributed by atoms with van der Waals surface area (Å²) in [7, 11) is 0. The van der Waals surface area contributed by atoms with Crippen molar-refractivity contribution in [1.82, 2.24) is 19.1 Å². The summed E-state index contributed by atoms with van der Waals surface area (Å²) in [6.45, 7) is 0. The van der Waals surface area contributed by atoms with Crippen LogP contribution in [0.15, 0.2) is 176 Å². The van der Waals surface area contributed by atoms with Gasteiger partial charge in [0.2, 0.25) is 0 Å². The van der Waals surface area contributed by atoms with E-state index < -0.39 is 0 Å². The molecule has 0 saturated carbocycles. The van der Waals surface area contributed by atoms with Crippen LogP contribution in [0.5, 0.6) is 0 Å². The van der Waals surface area contributed by atoms with Crippen molar-refractivity contribution in [3.63, 3.8) is 0 Å². The van der Waals surface area contributed by atoms with E-state index >= 15 is 0 Å². The second kappa shape index (κ2) is 11.9. The molecule has 6 aromatic carbocycles. The average molecular weight is 664 g/mol. The summed E-state index contributed by atoms with van der Waals surface area (Å²) in [5.74, 6) is 0. The summed E-state index contributed by atoms with van der Waals surface area (Å²) in [5.41, 5.74) is 12.0. The average Bonchev–Trinajstić information content (AvgIpc) is 3.74. The first-order valence-electron chi connectivity index (χ1n) is 17.3. The number of benzene rings is 6. The summed E-state index contributed by atoms with van der Waals surface area (Å²) in [6, 6.07) is 61.0. The van der Waals surface area contributed by atoms with Crippen LogP contribution in [0.1, 0.15) is 5.56 Å². The summed E-state index contributed by atoms with van der Waals surface area (Å²) in [6.07, 6.45) is 1.85. The van der Waals surface area contributed by atoms with Gasteiger partial charge in [0.1, 0.15) is 5.65 Å². The SMILES string of the molecule is N#Cc1cccc(-n2c3ncccc3c3ccc4c(c5ccccc5n4-c4ccccc4)c32)c1-c1cc(-c2ccccc2)cc(-c2ccccc2)n1. The lowest BCUT2D eigenvalue weighted by atomic mass is 9.96. The van der Waals surface area contributed by atoms with Crippen LogP contribution in [0.2, 0.25) is 0 Å². The molecule has 0 radical (unpaired) electrons. The standard InChI is InChI=1S/C47H29N5/c48-30-33-18-12-24-42(44(33)40-29-34(31-14-4-1-5-15-31)28-39(50-40)32-16-6-2-7-17-32)52-46-36(37-22-13-27-49-47(37)52)25-26-43-45(46)38-21-10-11-23-41(38)51(43)35-19-8-3-9-20-35/h1-29H. The van der Waals surface area contributed by atoms with Crippen LogP contribution in [-0.4, -0.2) is 19.1 Å². The summed E-state index contributed by atoms with van der Waals surface area (Å²) in [5, 5.41) is 15.1. The Balaban J connectivity index is 1.35. The highest BCUT2D eigenvalue weighted by molar-refractivity contribution is 6.26. The van der Waals surface area contributed by atoms with Crippen molar-refractivity contribution >= 4 is 43.7 Å². The number of hydrogen-bond acceptors (Lipinski definition) is 3. The van der Waals surface area contributed by atoms with Gasteiger partial charge >= 0.3 is 0 Å². The first-order valence-corrected chi connectivity index (χ1v) is 17.3. The number of aromatic nitrogens is 4. The fraction of sp³-hybridized carbons (Fsp3) is 0. The van der Waals surface area contributed by atoms with Gasteiger partial charge in [-0.1, -0.05) is 109 Å². The molecule has 0 spiro atoms. The zero-order chi connectivity index (χ0) is 34.6. The lowest BCUT2D eigenvalue weighted by molar-refractivity contribution is 1.13. The maximum Gasteiger partial charge on any atom is 0.145 e. The third-order valence-corrected chi connectivity index (χ3v) is 10.00. The first kappa shape index (κ1) is 29.6. The maximum atomic E-state index is 10.7. The Kier molecular flexibility index (Phi) is 6.80. The molecule has 10 rings (SSSR count). The molecule has 52 heavy (non-hydrogen) atoms. The minimum atomic E-state index is 0.541. The topological polar surface area (TPSA) is 59.4 Å². The first-order chi connectivity index (χ1) is 25.8. The van der Waals surface area contributed by atoms with Crippen LogP contribution < -0.4 is 0 Å². The van der Waals surface area contributed by atoms with E-state index in [1.807, 2.05) is 66.9 Å². The third-order valence-electron chi connectivity index (χ3n) is 10.00. The fourth-order valence-corrected chi connectivity index (χ4v) is 7.77. The Morgan fingerprint density at radius 1 is 0.500 bits per heavy atom. The largest absolute Gasteiger partial charge is 0.309 e. The van der Waals surface area contributed by atoms with Gasteiger partial charge < -0.3 is 4.57 Å². The lowest BCUT2D eigenvalue weighted by Crippen LogP contribution is -2.02. The molecule has 4 aromatic heterocycles. The van der Waals surface area contributed by atoms with E-state index in [-0.39, 0.29) is 0 Å². The monoisotopic (exact) mass is 663 g/mol.